The molecule has 2 atom stereocenters. The van der Waals surface area contributed by atoms with E-state index in [-0.39, 0.29) is 11.9 Å². The van der Waals surface area contributed by atoms with Crippen LogP contribution < -0.4 is 0 Å². The van der Waals surface area contributed by atoms with Crippen molar-refractivity contribution in [3.05, 3.63) is 35.5 Å². The maximum absolute atomic E-state index is 12.6. The zero-order chi connectivity index (χ0) is 17.3. The maximum Gasteiger partial charge on any atom is 0.308 e. The number of piperidine rings is 1. The maximum atomic E-state index is 12.6. The highest BCUT2D eigenvalue weighted by Crippen LogP contribution is 2.26. The Labute approximate surface area is 141 Å². The van der Waals surface area contributed by atoms with E-state index in [1.807, 2.05) is 19.2 Å². The van der Waals surface area contributed by atoms with Gasteiger partial charge in [0, 0.05) is 36.1 Å². The molecule has 1 aliphatic rings. The van der Waals surface area contributed by atoms with Crippen molar-refractivity contribution in [2.24, 2.45) is 5.92 Å². The molecule has 2 aromatic rings. The third-order valence-corrected chi connectivity index (χ3v) is 5.24. The van der Waals surface area contributed by atoms with Gasteiger partial charge in [-0.15, -0.1) is 0 Å². The summed E-state index contributed by atoms with van der Waals surface area (Å²) >= 11 is 0. The Hall–Kier alpha value is -2.30. The van der Waals surface area contributed by atoms with Crippen LogP contribution in [0, 0.1) is 12.8 Å². The lowest BCUT2D eigenvalue weighted by Crippen LogP contribution is -2.49. The van der Waals surface area contributed by atoms with Crippen LogP contribution in [0.3, 0.4) is 0 Å². The summed E-state index contributed by atoms with van der Waals surface area (Å²) in [6.07, 6.45) is 4.48. The minimum atomic E-state index is -0.799. The lowest BCUT2D eigenvalue weighted by atomic mass is 9.90. The Bertz CT molecular complexity index is 765. The lowest BCUT2D eigenvalue weighted by Gasteiger charge is -2.37. The number of nitrogens with one attached hydrogen (secondary N) is 1. The van der Waals surface area contributed by atoms with E-state index in [4.69, 9.17) is 0 Å². The van der Waals surface area contributed by atoms with Crippen molar-refractivity contribution in [1.82, 2.24) is 9.88 Å². The minimum absolute atomic E-state index is 0.0513. The van der Waals surface area contributed by atoms with E-state index in [1.165, 1.54) is 5.56 Å². The first kappa shape index (κ1) is 16.6. The number of amides is 1. The van der Waals surface area contributed by atoms with Crippen molar-refractivity contribution < 1.29 is 14.7 Å². The van der Waals surface area contributed by atoms with Crippen molar-refractivity contribution >= 4 is 22.8 Å². The van der Waals surface area contributed by atoms with Crippen LogP contribution in [0.25, 0.3) is 10.9 Å². The largest absolute Gasteiger partial charge is 0.481 e. The standard InChI is InChI=1S/C19H24N2O3/c1-12-5-3-6-16-14(11-20-18(12)16)8-9-17(22)21-10-4-7-15(13(21)2)19(23)24/h3,5-6,11,13,15,20H,4,7-10H2,1-2H3,(H,23,24)/t13-,15-/m1/s1. The van der Waals surface area contributed by atoms with E-state index in [9.17, 15) is 14.7 Å². The third-order valence-electron chi connectivity index (χ3n) is 5.24. The molecule has 1 fully saturated rings. The molecule has 128 valence electrons. The molecule has 24 heavy (non-hydrogen) atoms. The number of carbonyl (C=O) groups is 2. The summed E-state index contributed by atoms with van der Waals surface area (Å²) in [6.45, 7) is 4.58. The molecule has 0 saturated carbocycles. The summed E-state index contributed by atoms with van der Waals surface area (Å²) in [7, 11) is 0. The van der Waals surface area contributed by atoms with E-state index < -0.39 is 11.9 Å². The molecule has 2 heterocycles. The molecule has 1 amide bonds. The van der Waals surface area contributed by atoms with Crippen LogP contribution in [0.5, 0.6) is 0 Å². The molecule has 0 bridgehead atoms. The van der Waals surface area contributed by atoms with E-state index in [1.54, 1.807) is 4.90 Å². The average molecular weight is 328 g/mol. The zero-order valence-electron chi connectivity index (χ0n) is 14.2. The third kappa shape index (κ3) is 3.03. The highest BCUT2D eigenvalue weighted by atomic mass is 16.4. The summed E-state index contributed by atoms with van der Waals surface area (Å²) < 4.78 is 0. The zero-order valence-corrected chi connectivity index (χ0v) is 14.2. The average Bonchev–Trinajstić information content (AvgIpc) is 2.97. The second-order valence-corrected chi connectivity index (χ2v) is 6.73. The molecule has 0 radical (unpaired) electrons. The number of benzene rings is 1. The second kappa shape index (κ2) is 6.67. The van der Waals surface area contributed by atoms with Gasteiger partial charge in [-0.1, -0.05) is 18.2 Å². The first-order valence-corrected chi connectivity index (χ1v) is 8.57. The van der Waals surface area contributed by atoms with Crippen molar-refractivity contribution in [3.8, 4) is 0 Å². The van der Waals surface area contributed by atoms with Gasteiger partial charge < -0.3 is 15.0 Å². The van der Waals surface area contributed by atoms with E-state index >= 15 is 0 Å². The summed E-state index contributed by atoms with van der Waals surface area (Å²) in [4.78, 5) is 29.0. The molecule has 1 aromatic carbocycles. The van der Waals surface area contributed by atoms with Gasteiger partial charge in [-0.3, -0.25) is 9.59 Å². The minimum Gasteiger partial charge on any atom is -0.481 e. The number of carboxylic acid groups (broad SMARTS) is 1. The van der Waals surface area contributed by atoms with Crippen LogP contribution in [-0.2, 0) is 16.0 Å². The highest BCUT2D eigenvalue weighted by Gasteiger charge is 2.34. The molecular weight excluding hydrogens is 304 g/mol. The van der Waals surface area contributed by atoms with E-state index in [2.05, 4.69) is 24.0 Å². The van der Waals surface area contributed by atoms with Crippen LogP contribution >= 0.6 is 0 Å². The number of hydrogen-bond donors (Lipinski definition) is 2. The predicted molar refractivity (Wildman–Crippen MR) is 92.9 cm³/mol. The Kier molecular flexibility index (Phi) is 4.60. The highest BCUT2D eigenvalue weighted by molar-refractivity contribution is 5.86. The summed E-state index contributed by atoms with van der Waals surface area (Å²) in [6, 6.07) is 5.94. The summed E-state index contributed by atoms with van der Waals surface area (Å²) in [5.41, 5.74) is 3.46. The van der Waals surface area contributed by atoms with Gasteiger partial charge in [-0.05, 0) is 44.2 Å². The molecule has 0 spiro atoms. The number of H-pyrrole nitrogens is 1. The molecular formula is C19H24N2O3. The second-order valence-electron chi connectivity index (χ2n) is 6.73. The number of aromatic nitrogens is 1. The van der Waals surface area contributed by atoms with Gasteiger partial charge >= 0.3 is 5.97 Å². The van der Waals surface area contributed by atoms with Gasteiger partial charge in [0.05, 0.1) is 5.92 Å². The van der Waals surface area contributed by atoms with Gasteiger partial charge in [-0.25, -0.2) is 0 Å². The summed E-state index contributed by atoms with van der Waals surface area (Å²) in [5, 5.41) is 10.5. The molecule has 1 aliphatic heterocycles. The van der Waals surface area contributed by atoms with Gasteiger partial charge in [0.2, 0.25) is 5.91 Å². The fraction of sp³-hybridized carbons (Fsp3) is 0.474. The number of likely N-dealkylation sites (tertiary alicyclic amines) is 1. The number of fused-ring (bicyclic) bond motifs is 1. The molecule has 5 heteroatoms. The van der Waals surface area contributed by atoms with Crippen molar-refractivity contribution in [2.75, 3.05) is 6.54 Å². The van der Waals surface area contributed by atoms with Crippen LogP contribution in [0.4, 0.5) is 0 Å². The van der Waals surface area contributed by atoms with Crippen molar-refractivity contribution in [1.29, 1.82) is 0 Å². The number of aromatic amines is 1. The monoisotopic (exact) mass is 328 g/mol. The Morgan fingerprint density at radius 1 is 1.38 bits per heavy atom. The number of para-hydroxylation sites is 1. The van der Waals surface area contributed by atoms with Gasteiger partial charge in [-0.2, -0.15) is 0 Å². The molecule has 1 saturated heterocycles. The van der Waals surface area contributed by atoms with Crippen molar-refractivity contribution in [3.63, 3.8) is 0 Å². The quantitative estimate of drug-likeness (QED) is 0.905. The van der Waals surface area contributed by atoms with Gasteiger partial charge in [0.15, 0.2) is 0 Å². The van der Waals surface area contributed by atoms with Crippen LogP contribution in [0.1, 0.15) is 37.3 Å². The van der Waals surface area contributed by atoms with Crippen LogP contribution in [-0.4, -0.2) is 39.5 Å². The van der Waals surface area contributed by atoms with Crippen molar-refractivity contribution in [2.45, 2.75) is 45.6 Å². The molecule has 2 N–H and O–H groups in total. The molecule has 0 aliphatic carbocycles. The van der Waals surface area contributed by atoms with Gasteiger partial charge in [0.25, 0.3) is 0 Å². The van der Waals surface area contributed by atoms with Crippen LogP contribution in [0.2, 0.25) is 0 Å². The topological polar surface area (TPSA) is 73.4 Å². The number of nitrogens with zero attached hydrogens (tertiary/aromatic N) is 1. The SMILES string of the molecule is Cc1cccc2c(CCC(=O)N3CCC[C@@H](C(=O)O)[C@H]3C)c[nH]c12. The molecule has 3 rings (SSSR count). The fourth-order valence-corrected chi connectivity index (χ4v) is 3.78. The fourth-order valence-electron chi connectivity index (χ4n) is 3.78. The number of carbonyl (C=O) groups excluding carboxylic acids is 1. The molecule has 5 nitrogen and oxygen atoms in total. The van der Waals surface area contributed by atoms with Gasteiger partial charge in [0.1, 0.15) is 0 Å². The van der Waals surface area contributed by atoms with E-state index in [0.29, 0.717) is 25.8 Å². The van der Waals surface area contributed by atoms with E-state index in [0.717, 1.165) is 22.9 Å². The first-order chi connectivity index (χ1) is 11.5. The number of hydrogen-bond acceptors (Lipinski definition) is 2. The normalized spacial score (nSPS) is 21.2. The van der Waals surface area contributed by atoms with Crippen LogP contribution in [0.15, 0.2) is 24.4 Å². The number of aryl methyl sites for hydroxylation is 2. The Balaban J connectivity index is 1.68. The number of carboxylic acids is 1. The number of rotatable bonds is 4. The molecule has 1 aromatic heterocycles. The lowest BCUT2D eigenvalue weighted by molar-refractivity contribution is -0.149. The number of aliphatic carboxylic acids is 1. The Morgan fingerprint density at radius 2 is 2.17 bits per heavy atom. The summed E-state index contributed by atoms with van der Waals surface area (Å²) in [5.74, 6) is -1.19. The predicted octanol–water partition coefficient (Wildman–Crippen LogP) is 3.12. The Morgan fingerprint density at radius 3 is 2.92 bits per heavy atom. The first-order valence-electron chi connectivity index (χ1n) is 8.57. The molecule has 0 unspecified atom stereocenters. The smallest absolute Gasteiger partial charge is 0.308 e.